The van der Waals surface area contributed by atoms with Gasteiger partial charge < -0.3 is 45.8 Å². The number of carboxylic acid groups (broad SMARTS) is 3. The van der Waals surface area contributed by atoms with E-state index in [1.54, 1.807) is 45.2 Å². The molecule has 27 heteroatoms. The Labute approximate surface area is 530 Å². The number of nitrogens with one attached hydrogen (secondary N) is 4. The van der Waals surface area contributed by atoms with Crippen molar-refractivity contribution in [3.63, 3.8) is 0 Å². The lowest BCUT2D eigenvalue weighted by Gasteiger charge is -2.33. The first-order valence-electron chi connectivity index (χ1n) is 31.8. The number of aryl methyl sites for hydroxylation is 2. The first-order valence-corrected chi connectivity index (χ1v) is 31.8. The predicted octanol–water partition coefficient (Wildman–Crippen LogP) is 4.18. The summed E-state index contributed by atoms with van der Waals surface area (Å²) in [6.07, 6.45) is 12.5. The summed E-state index contributed by atoms with van der Waals surface area (Å²) < 4.78 is 33.9. The topological polar surface area (TPSA) is 323 Å². The number of piperidine rings is 1. The van der Waals surface area contributed by atoms with Crippen molar-refractivity contribution in [3.8, 4) is 11.8 Å². The molecule has 0 saturated carbocycles. The van der Waals surface area contributed by atoms with Gasteiger partial charge in [0.2, 0.25) is 23.6 Å². The van der Waals surface area contributed by atoms with Gasteiger partial charge >= 0.3 is 17.9 Å². The number of carboxylic acids is 3. The molecule has 2 atom stereocenters. The van der Waals surface area contributed by atoms with Gasteiger partial charge in [0.05, 0.1) is 63.0 Å². The number of halogens is 2. The summed E-state index contributed by atoms with van der Waals surface area (Å²) >= 11 is 0. The zero-order chi connectivity index (χ0) is 65.5. The number of fused-ring (bicyclic) bond motifs is 1. The van der Waals surface area contributed by atoms with Gasteiger partial charge in [0.1, 0.15) is 18.0 Å². The van der Waals surface area contributed by atoms with Crippen LogP contribution in [0.2, 0.25) is 0 Å². The molecule has 1 aromatic heterocycles. The molecule has 5 amide bonds. The van der Waals surface area contributed by atoms with Crippen LogP contribution in [-0.4, -0.2) is 239 Å². The second kappa shape index (κ2) is 38.0. The van der Waals surface area contributed by atoms with Crippen molar-refractivity contribution in [2.24, 2.45) is 11.0 Å². The van der Waals surface area contributed by atoms with Crippen molar-refractivity contribution >= 4 is 64.6 Å². The van der Waals surface area contributed by atoms with E-state index in [0.29, 0.717) is 87.3 Å². The van der Waals surface area contributed by atoms with Crippen LogP contribution < -0.4 is 26.1 Å². The van der Waals surface area contributed by atoms with Crippen molar-refractivity contribution in [2.75, 3.05) is 118 Å². The van der Waals surface area contributed by atoms with Crippen LogP contribution in [0.5, 0.6) is 5.75 Å². The number of benzene rings is 2. The molecule has 6 rings (SSSR count). The number of alkyl halides is 2. The summed E-state index contributed by atoms with van der Waals surface area (Å²) in [5, 5.41) is 51.6. The highest BCUT2D eigenvalue weighted by Crippen LogP contribution is 2.32. The SMILES string of the molecule is Cc1ccc(CCCC(=O)NCCCCC(N/N=C/CCCCCC(=O)N2CCC(CCCOc3ccc4nccc(C(=O)NCC(=O)N5CC(F)(F)C[C@@H]5C#N)c4c3)CC2)NC(=O)CN2CCN(CC(=O)O)CCN(CC(=O)O)CCN(CC(=O)O)CC2)cc1. The minimum atomic E-state index is -3.17. The van der Waals surface area contributed by atoms with Gasteiger partial charge in [-0.05, 0) is 120 Å². The molecule has 91 heavy (non-hydrogen) atoms. The molecule has 498 valence electrons. The Bertz CT molecular complexity index is 2910. The molecule has 0 bridgehead atoms. The molecule has 7 N–H and O–H groups in total. The first kappa shape index (κ1) is 72.1. The third-order valence-electron chi connectivity index (χ3n) is 16.6. The van der Waals surface area contributed by atoms with E-state index in [-0.39, 0.29) is 102 Å². The minimum Gasteiger partial charge on any atom is -0.494 e. The van der Waals surface area contributed by atoms with Gasteiger partial charge in [-0.1, -0.05) is 36.2 Å². The molecule has 0 radical (unpaired) electrons. The zero-order valence-electron chi connectivity index (χ0n) is 52.3. The number of nitriles is 1. The maximum atomic E-state index is 13.9. The molecule has 3 aliphatic rings. The zero-order valence-corrected chi connectivity index (χ0v) is 52.3. The number of hydrogen-bond donors (Lipinski definition) is 7. The molecule has 2 aromatic carbocycles. The quantitative estimate of drug-likeness (QED) is 0.0191. The Morgan fingerprint density at radius 3 is 2.00 bits per heavy atom. The number of carbonyl (C=O) groups excluding carboxylic acids is 5. The Kier molecular flexibility index (Phi) is 30.2. The van der Waals surface area contributed by atoms with Crippen LogP contribution in [0, 0.1) is 24.2 Å². The van der Waals surface area contributed by atoms with Crippen LogP contribution in [0.1, 0.15) is 118 Å². The molecular formula is C64H91F2N13O12. The smallest absolute Gasteiger partial charge is 0.317 e. The Balaban J connectivity index is 0.906. The highest BCUT2D eigenvalue weighted by atomic mass is 19.3. The third kappa shape index (κ3) is 26.8. The van der Waals surface area contributed by atoms with E-state index in [2.05, 4.69) is 55.7 Å². The number of hydrazone groups is 1. The van der Waals surface area contributed by atoms with Crippen LogP contribution in [0.25, 0.3) is 10.9 Å². The third-order valence-corrected chi connectivity index (χ3v) is 16.6. The van der Waals surface area contributed by atoms with Gasteiger partial charge in [0.25, 0.3) is 11.8 Å². The number of hydrogen-bond acceptors (Lipinski definition) is 17. The molecule has 3 saturated heterocycles. The van der Waals surface area contributed by atoms with Crippen LogP contribution in [0.3, 0.4) is 0 Å². The number of rotatable bonds is 34. The molecule has 0 aliphatic carbocycles. The fraction of sp³-hybridized carbons (Fsp3) is 0.609. The second-order valence-corrected chi connectivity index (χ2v) is 23.9. The average Bonchev–Trinajstić information content (AvgIpc) is 2.20. The molecule has 0 spiro atoms. The minimum absolute atomic E-state index is 0.0228. The fourth-order valence-corrected chi connectivity index (χ4v) is 11.4. The standard InChI is InChI=1S/C64H91F2N13O12/c1-47-15-17-48(18-16-47)10-8-13-56(80)69-24-7-5-12-55(72-57(81)42-74-29-31-75(43-60(84)85)33-35-77(45-62(88)89)36-34-76(32-30-74)44-61(86)87)73-71-25-6-3-2-4-14-58(82)78-27-22-49(23-28-78)11-9-37-91-51-19-20-54-53(38-51)52(21-26-68-54)63(90)70-41-59(83)79-46-64(65,66)39-50(79)40-67/h15-21,25-26,38,49-50,55,73H,2-14,22-24,27-37,39,41-46H2,1H3,(H,69,80)(H,70,90)(H,72,81)(H,84,85)(H,86,87)(H,88,89)/b71-25+/t50-,55?/m1/s1. The van der Waals surface area contributed by atoms with Gasteiger partial charge in [-0.15, -0.1) is 0 Å². The van der Waals surface area contributed by atoms with Crippen LogP contribution in [0.4, 0.5) is 8.78 Å². The van der Waals surface area contributed by atoms with E-state index in [1.165, 1.54) is 23.4 Å². The van der Waals surface area contributed by atoms with Gasteiger partial charge in [0.15, 0.2) is 0 Å². The normalized spacial score (nSPS) is 17.8. The van der Waals surface area contributed by atoms with E-state index < -0.39 is 67.4 Å². The highest BCUT2D eigenvalue weighted by Gasteiger charge is 2.47. The summed E-state index contributed by atoms with van der Waals surface area (Å²) in [6, 6.07) is 15.4. The van der Waals surface area contributed by atoms with E-state index >= 15 is 0 Å². The molecule has 1 unspecified atom stereocenters. The van der Waals surface area contributed by atoms with Crippen molar-refractivity contribution < 1.29 is 67.2 Å². The summed E-state index contributed by atoms with van der Waals surface area (Å²) in [5.41, 5.74) is 6.22. The van der Waals surface area contributed by atoms with Crippen molar-refractivity contribution in [1.29, 1.82) is 5.26 Å². The number of nitrogens with zero attached hydrogens (tertiary/aromatic N) is 9. The number of ether oxygens (including phenoxy) is 1. The molecule has 3 aliphatic heterocycles. The molecular weight excluding hydrogens is 1180 g/mol. The van der Waals surface area contributed by atoms with E-state index in [4.69, 9.17) is 4.74 Å². The lowest BCUT2D eigenvalue weighted by atomic mass is 9.92. The van der Waals surface area contributed by atoms with E-state index in [0.717, 1.165) is 62.7 Å². The first-order chi connectivity index (χ1) is 43.7. The Hall–Kier alpha value is -7.93. The number of carbonyl (C=O) groups is 8. The number of aromatic nitrogens is 1. The van der Waals surface area contributed by atoms with Crippen LogP contribution in [-0.2, 0) is 40.0 Å². The van der Waals surface area contributed by atoms with Crippen molar-refractivity contribution in [1.82, 2.24) is 55.8 Å². The number of amides is 5. The molecule has 3 fully saturated rings. The monoisotopic (exact) mass is 1270 g/mol. The molecule has 4 heterocycles. The Morgan fingerprint density at radius 2 is 1.37 bits per heavy atom. The summed E-state index contributed by atoms with van der Waals surface area (Å²) in [7, 11) is 0. The van der Waals surface area contributed by atoms with Gasteiger partial charge in [0, 0.05) is 109 Å². The second-order valence-electron chi connectivity index (χ2n) is 23.9. The summed E-state index contributed by atoms with van der Waals surface area (Å²) in [5.74, 6) is -6.92. The number of pyridine rings is 1. The molecule has 3 aromatic rings. The van der Waals surface area contributed by atoms with Gasteiger partial charge in [-0.3, -0.25) is 68.4 Å². The average molecular weight is 1270 g/mol. The van der Waals surface area contributed by atoms with E-state index in [9.17, 15) is 67.7 Å². The maximum Gasteiger partial charge on any atom is 0.317 e. The largest absolute Gasteiger partial charge is 0.494 e. The number of likely N-dealkylation sites (tertiary alicyclic amines) is 2. The lowest BCUT2D eigenvalue weighted by molar-refractivity contribution is -0.140. The Morgan fingerprint density at radius 1 is 0.736 bits per heavy atom. The predicted molar refractivity (Wildman–Crippen MR) is 335 cm³/mol. The molecule has 25 nitrogen and oxygen atoms in total. The van der Waals surface area contributed by atoms with Gasteiger partial charge in [-0.2, -0.15) is 10.4 Å². The highest BCUT2D eigenvalue weighted by molar-refractivity contribution is 6.07. The summed E-state index contributed by atoms with van der Waals surface area (Å²) in [6.45, 7) is 4.08. The van der Waals surface area contributed by atoms with E-state index in [1.807, 2.05) is 16.7 Å². The van der Waals surface area contributed by atoms with Crippen LogP contribution in [0.15, 0.2) is 59.8 Å². The van der Waals surface area contributed by atoms with Crippen molar-refractivity contribution in [2.45, 2.75) is 128 Å². The number of aliphatic carboxylic acids is 3. The van der Waals surface area contributed by atoms with Crippen molar-refractivity contribution in [3.05, 3.63) is 71.4 Å². The number of unbranched alkanes of at least 4 members (excludes halogenated alkanes) is 4. The van der Waals surface area contributed by atoms with Crippen LogP contribution >= 0.6 is 0 Å². The summed E-state index contributed by atoms with van der Waals surface area (Å²) in [4.78, 5) is 115. The maximum absolute atomic E-state index is 13.9. The van der Waals surface area contributed by atoms with Gasteiger partial charge in [-0.25, -0.2) is 8.78 Å². The lowest BCUT2D eigenvalue weighted by Crippen LogP contribution is -2.51. The fourth-order valence-electron chi connectivity index (χ4n) is 11.4.